The van der Waals surface area contributed by atoms with E-state index in [4.69, 9.17) is 11.6 Å². The minimum Gasteiger partial charge on any atom is -0.354 e. The van der Waals surface area contributed by atoms with Crippen LogP contribution in [0.5, 0.6) is 0 Å². The van der Waals surface area contributed by atoms with Gasteiger partial charge in [-0.3, -0.25) is 4.79 Å². The minimum atomic E-state index is 0.0703. The van der Waals surface area contributed by atoms with Crippen LogP contribution in [-0.4, -0.2) is 41.6 Å². The molecule has 5 heteroatoms. The Morgan fingerprint density at radius 3 is 2.58 bits per heavy atom. The minimum absolute atomic E-state index is 0.0703. The molecule has 24 heavy (non-hydrogen) atoms. The van der Waals surface area contributed by atoms with Crippen LogP contribution in [0.1, 0.15) is 25.0 Å². The van der Waals surface area contributed by atoms with Crippen molar-refractivity contribution >= 4 is 17.5 Å². The summed E-state index contributed by atoms with van der Waals surface area (Å²) in [5.41, 5.74) is 1.99. The SMILES string of the molecule is O=C(Cc1cccn1-c1ccc(Cl)cc1)NCCN1CCCCC1. The van der Waals surface area contributed by atoms with Crippen molar-refractivity contribution in [2.75, 3.05) is 26.2 Å². The number of benzene rings is 1. The number of rotatable bonds is 6. The molecule has 1 N–H and O–H groups in total. The van der Waals surface area contributed by atoms with Crippen LogP contribution in [0.4, 0.5) is 0 Å². The van der Waals surface area contributed by atoms with E-state index in [2.05, 4.69) is 10.2 Å². The molecule has 1 fully saturated rings. The lowest BCUT2D eigenvalue weighted by Crippen LogP contribution is -2.38. The molecule has 0 spiro atoms. The summed E-state index contributed by atoms with van der Waals surface area (Å²) in [5, 5.41) is 3.75. The summed E-state index contributed by atoms with van der Waals surface area (Å²) < 4.78 is 2.03. The Bertz CT molecular complexity index is 660. The van der Waals surface area contributed by atoms with Gasteiger partial charge >= 0.3 is 0 Å². The Balaban J connectivity index is 1.51. The fourth-order valence-corrected chi connectivity index (χ4v) is 3.30. The average molecular weight is 346 g/mol. The van der Waals surface area contributed by atoms with Crippen molar-refractivity contribution in [1.29, 1.82) is 0 Å². The third-order valence-electron chi connectivity index (χ3n) is 4.48. The van der Waals surface area contributed by atoms with Crippen LogP contribution in [-0.2, 0) is 11.2 Å². The van der Waals surface area contributed by atoms with E-state index in [0.29, 0.717) is 11.4 Å². The van der Waals surface area contributed by atoms with Gasteiger partial charge in [0, 0.05) is 35.7 Å². The lowest BCUT2D eigenvalue weighted by molar-refractivity contribution is -0.120. The van der Waals surface area contributed by atoms with Crippen LogP contribution in [0.25, 0.3) is 5.69 Å². The molecule has 0 aliphatic carbocycles. The van der Waals surface area contributed by atoms with Crippen LogP contribution in [0.15, 0.2) is 42.6 Å². The molecule has 0 atom stereocenters. The highest BCUT2D eigenvalue weighted by Crippen LogP contribution is 2.16. The van der Waals surface area contributed by atoms with E-state index in [9.17, 15) is 4.79 Å². The first-order valence-corrected chi connectivity index (χ1v) is 9.01. The number of hydrogen-bond acceptors (Lipinski definition) is 2. The summed E-state index contributed by atoms with van der Waals surface area (Å²) in [4.78, 5) is 14.7. The Morgan fingerprint density at radius 2 is 1.83 bits per heavy atom. The van der Waals surface area contributed by atoms with E-state index in [-0.39, 0.29) is 5.91 Å². The zero-order chi connectivity index (χ0) is 16.8. The lowest BCUT2D eigenvalue weighted by atomic mass is 10.1. The molecule has 4 nitrogen and oxygen atoms in total. The van der Waals surface area contributed by atoms with Gasteiger partial charge in [0.15, 0.2) is 0 Å². The number of carbonyl (C=O) groups is 1. The number of nitrogens with one attached hydrogen (secondary N) is 1. The predicted molar refractivity (Wildman–Crippen MR) is 97.8 cm³/mol. The Morgan fingerprint density at radius 1 is 1.08 bits per heavy atom. The predicted octanol–water partition coefficient (Wildman–Crippen LogP) is 3.28. The molecular weight excluding hydrogens is 322 g/mol. The molecule has 0 saturated carbocycles. The van der Waals surface area contributed by atoms with E-state index in [1.807, 2.05) is 47.2 Å². The molecule has 0 bridgehead atoms. The average Bonchev–Trinajstić information content (AvgIpc) is 3.04. The maximum Gasteiger partial charge on any atom is 0.225 e. The third kappa shape index (κ3) is 4.62. The van der Waals surface area contributed by atoms with Gasteiger partial charge in [0.2, 0.25) is 5.91 Å². The standard InChI is InChI=1S/C19H24ClN3O/c20-16-6-8-17(9-7-16)23-13-4-5-18(23)15-19(24)21-10-14-22-11-2-1-3-12-22/h4-9,13H,1-3,10-12,14-15H2,(H,21,24). The molecular formula is C19H24ClN3O. The highest BCUT2D eigenvalue weighted by atomic mass is 35.5. The van der Waals surface area contributed by atoms with Crippen LogP contribution in [0, 0.1) is 0 Å². The molecule has 3 rings (SSSR count). The van der Waals surface area contributed by atoms with Gasteiger partial charge in [-0.15, -0.1) is 0 Å². The lowest BCUT2D eigenvalue weighted by Gasteiger charge is -2.26. The topological polar surface area (TPSA) is 37.3 Å². The smallest absolute Gasteiger partial charge is 0.225 e. The molecule has 2 heterocycles. The molecule has 1 aliphatic heterocycles. The van der Waals surface area contributed by atoms with Gasteiger partial charge in [0.1, 0.15) is 0 Å². The summed E-state index contributed by atoms with van der Waals surface area (Å²) in [7, 11) is 0. The fourth-order valence-electron chi connectivity index (χ4n) is 3.18. The summed E-state index contributed by atoms with van der Waals surface area (Å²) in [6.07, 6.45) is 6.25. The van der Waals surface area contributed by atoms with E-state index < -0.39 is 0 Å². The van der Waals surface area contributed by atoms with Gasteiger partial charge in [-0.05, 0) is 62.3 Å². The normalized spacial score (nSPS) is 15.4. The Labute approximate surface area is 148 Å². The number of aromatic nitrogens is 1. The zero-order valence-corrected chi connectivity index (χ0v) is 14.6. The summed E-state index contributed by atoms with van der Waals surface area (Å²) in [6, 6.07) is 11.6. The van der Waals surface area contributed by atoms with Crippen molar-refractivity contribution < 1.29 is 4.79 Å². The van der Waals surface area contributed by atoms with E-state index in [1.165, 1.54) is 19.3 Å². The number of piperidine rings is 1. The summed E-state index contributed by atoms with van der Waals surface area (Å²) in [6.45, 7) is 4.00. The number of halogens is 1. The number of likely N-dealkylation sites (tertiary alicyclic amines) is 1. The molecule has 1 amide bonds. The Hall–Kier alpha value is -1.78. The monoisotopic (exact) mass is 345 g/mol. The van der Waals surface area contributed by atoms with Crippen LogP contribution < -0.4 is 5.32 Å². The molecule has 0 unspecified atom stereocenters. The molecule has 128 valence electrons. The van der Waals surface area contributed by atoms with E-state index >= 15 is 0 Å². The van der Waals surface area contributed by atoms with E-state index in [0.717, 1.165) is 37.6 Å². The summed E-state index contributed by atoms with van der Waals surface area (Å²) in [5.74, 6) is 0.0703. The molecule has 1 aliphatic rings. The summed E-state index contributed by atoms with van der Waals surface area (Å²) >= 11 is 5.94. The van der Waals surface area contributed by atoms with Gasteiger partial charge in [-0.1, -0.05) is 18.0 Å². The van der Waals surface area contributed by atoms with Crippen molar-refractivity contribution in [2.24, 2.45) is 0 Å². The maximum absolute atomic E-state index is 12.2. The second-order valence-corrected chi connectivity index (χ2v) is 6.71. The van der Waals surface area contributed by atoms with Crippen molar-refractivity contribution in [3.05, 3.63) is 53.3 Å². The second-order valence-electron chi connectivity index (χ2n) is 6.27. The van der Waals surface area contributed by atoms with Gasteiger partial charge < -0.3 is 14.8 Å². The van der Waals surface area contributed by atoms with E-state index in [1.54, 1.807) is 0 Å². The highest BCUT2D eigenvalue weighted by molar-refractivity contribution is 6.30. The maximum atomic E-state index is 12.2. The molecule has 1 aromatic carbocycles. The first-order chi connectivity index (χ1) is 11.7. The van der Waals surface area contributed by atoms with Crippen LogP contribution in [0.3, 0.4) is 0 Å². The van der Waals surface area contributed by atoms with Crippen LogP contribution >= 0.6 is 11.6 Å². The van der Waals surface area contributed by atoms with Crippen LogP contribution in [0.2, 0.25) is 5.02 Å². The van der Waals surface area contributed by atoms with Gasteiger partial charge in [0.05, 0.1) is 6.42 Å². The van der Waals surface area contributed by atoms with Gasteiger partial charge in [-0.25, -0.2) is 0 Å². The number of hydrogen-bond donors (Lipinski definition) is 1. The largest absolute Gasteiger partial charge is 0.354 e. The third-order valence-corrected chi connectivity index (χ3v) is 4.73. The molecule has 0 radical (unpaired) electrons. The number of amides is 1. The molecule has 1 aromatic heterocycles. The zero-order valence-electron chi connectivity index (χ0n) is 13.9. The van der Waals surface area contributed by atoms with Gasteiger partial charge in [-0.2, -0.15) is 0 Å². The number of carbonyl (C=O) groups excluding carboxylic acids is 1. The molecule has 2 aromatic rings. The van der Waals surface area contributed by atoms with Gasteiger partial charge in [0.25, 0.3) is 0 Å². The fraction of sp³-hybridized carbons (Fsp3) is 0.421. The van der Waals surface area contributed by atoms with Crippen molar-refractivity contribution in [2.45, 2.75) is 25.7 Å². The first kappa shape index (κ1) is 17.1. The van der Waals surface area contributed by atoms with Crippen molar-refractivity contribution in [3.63, 3.8) is 0 Å². The van der Waals surface area contributed by atoms with Crippen molar-refractivity contribution in [3.8, 4) is 5.69 Å². The molecule has 1 saturated heterocycles. The van der Waals surface area contributed by atoms with Crippen molar-refractivity contribution in [1.82, 2.24) is 14.8 Å². The Kier molecular flexibility index (Phi) is 5.94. The quantitative estimate of drug-likeness (QED) is 0.872. The second kappa shape index (κ2) is 8.36. The highest BCUT2D eigenvalue weighted by Gasteiger charge is 2.11. The first-order valence-electron chi connectivity index (χ1n) is 8.63. The number of nitrogens with zero attached hydrogens (tertiary/aromatic N) is 2.